The topological polar surface area (TPSA) is 66.5 Å². The summed E-state index contributed by atoms with van der Waals surface area (Å²) in [5.41, 5.74) is 3.66. The number of rotatable bonds is 9. The average molecular weight is 437 g/mol. The highest BCUT2D eigenvalue weighted by Crippen LogP contribution is 2.27. The van der Waals surface area contributed by atoms with Gasteiger partial charge in [0.1, 0.15) is 6.04 Å². The van der Waals surface area contributed by atoms with E-state index in [2.05, 4.69) is 29.6 Å². The second-order valence-corrected chi connectivity index (χ2v) is 9.56. The second kappa shape index (κ2) is 10.1. The van der Waals surface area contributed by atoms with E-state index in [1.54, 1.807) is 25.1 Å². The predicted molar refractivity (Wildman–Crippen MR) is 120 cm³/mol. The summed E-state index contributed by atoms with van der Waals surface area (Å²) in [6.07, 6.45) is 3.08. The summed E-state index contributed by atoms with van der Waals surface area (Å²) in [6.45, 7) is 6.17. The highest BCUT2D eigenvalue weighted by Gasteiger charge is 2.31. The molecule has 0 saturated heterocycles. The zero-order valence-corrected chi connectivity index (χ0v) is 19.0. The van der Waals surface area contributed by atoms with Crippen LogP contribution in [0, 0.1) is 13.8 Å². The number of nitrogens with zero attached hydrogens (tertiary/aromatic N) is 1. The van der Waals surface area contributed by atoms with E-state index in [-0.39, 0.29) is 5.91 Å². The van der Waals surface area contributed by atoms with Crippen molar-refractivity contribution in [3.63, 3.8) is 0 Å². The van der Waals surface area contributed by atoms with Gasteiger partial charge in [0.05, 0.1) is 11.9 Å². The third-order valence-electron chi connectivity index (χ3n) is 4.80. The number of aryl methyl sites for hydroxylation is 3. The van der Waals surface area contributed by atoms with Crippen LogP contribution in [-0.4, -0.2) is 33.2 Å². The van der Waals surface area contributed by atoms with Gasteiger partial charge in [0.2, 0.25) is 15.9 Å². The van der Waals surface area contributed by atoms with Crippen molar-refractivity contribution >= 4 is 33.2 Å². The van der Waals surface area contributed by atoms with Crippen molar-refractivity contribution in [3.05, 3.63) is 64.2 Å². The Bertz CT molecular complexity index is 943. The minimum Gasteiger partial charge on any atom is -0.354 e. The Balaban J connectivity index is 2.07. The largest absolute Gasteiger partial charge is 0.354 e. The summed E-state index contributed by atoms with van der Waals surface area (Å²) in [6, 6.07) is 12.5. The van der Waals surface area contributed by atoms with Gasteiger partial charge in [0.25, 0.3) is 0 Å². The number of carbonyl (C=O) groups excluding carboxylic acids is 1. The van der Waals surface area contributed by atoms with Crippen LogP contribution in [0.15, 0.2) is 42.5 Å². The molecule has 1 N–H and O–H groups in total. The Morgan fingerprint density at radius 3 is 2.34 bits per heavy atom. The maximum Gasteiger partial charge on any atom is 0.243 e. The van der Waals surface area contributed by atoms with Crippen molar-refractivity contribution in [1.82, 2.24) is 5.32 Å². The first-order valence-corrected chi connectivity index (χ1v) is 11.9. The molecule has 0 aliphatic heterocycles. The molecule has 1 unspecified atom stereocenters. The van der Waals surface area contributed by atoms with Crippen LogP contribution in [-0.2, 0) is 21.2 Å². The van der Waals surface area contributed by atoms with E-state index in [9.17, 15) is 13.2 Å². The minimum atomic E-state index is -3.67. The number of benzene rings is 2. The summed E-state index contributed by atoms with van der Waals surface area (Å²) in [5.74, 6) is -0.307. The molecule has 0 radical (unpaired) electrons. The van der Waals surface area contributed by atoms with Gasteiger partial charge in [-0.3, -0.25) is 9.10 Å². The number of halogens is 1. The second-order valence-electron chi connectivity index (χ2n) is 7.30. The Hall–Kier alpha value is -2.05. The molecule has 1 atom stereocenters. The van der Waals surface area contributed by atoms with E-state index in [1.165, 1.54) is 11.1 Å². The maximum atomic E-state index is 12.8. The molecule has 0 heterocycles. The lowest BCUT2D eigenvalue weighted by molar-refractivity contribution is -0.122. The van der Waals surface area contributed by atoms with E-state index >= 15 is 0 Å². The SMILES string of the molecule is CCC(C(=O)NCCCc1ccc(C)cc1)N(c1ccc(C)c(Cl)c1)S(C)(=O)=O. The van der Waals surface area contributed by atoms with Crippen LogP contribution in [0.5, 0.6) is 0 Å². The number of hydrogen-bond acceptors (Lipinski definition) is 3. The summed E-state index contributed by atoms with van der Waals surface area (Å²) < 4.78 is 26.1. The van der Waals surface area contributed by atoms with Crippen LogP contribution >= 0.6 is 11.6 Å². The smallest absolute Gasteiger partial charge is 0.243 e. The fraction of sp³-hybridized carbons (Fsp3) is 0.409. The van der Waals surface area contributed by atoms with Crippen LogP contribution in [0.2, 0.25) is 5.02 Å². The van der Waals surface area contributed by atoms with Crippen molar-refractivity contribution in [3.8, 4) is 0 Å². The van der Waals surface area contributed by atoms with Gasteiger partial charge in [0, 0.05) is 11.6 Å². The third-order valence-corrected chi connectivity index (χ3v) is 6.39. The number of amides is 1. The molecule has 2 aromatic carbocycles. The molecule has 0 bridgehead atoms. The number of anilines is 1. The fourth-order valence-corrected chi connectivity index (χ4v) is 4.53. The lowest BCUT2D eigenvalue weighted by atomic mass is 10.1. The maximum absolute atomic E-state index is 12.8. The summed E-state index contributed by atoms with van der Waals surface area (Å²) in [4.78, 5) is 12.8. The molecule has 158 valence electrons. The third kappa shape index (κ3) is 6.47. The fourth-order valence-electron chi connectivity index (χ4n) is 3.16. The first-order chi connectivity index (χ1) is 13.6. The molecule has 0 spiro atoms. The lowest BCUT2D eigenvalue weighted by Crippen LogP contribution is -2.49. The quantitative estimate of drug-likeness (QED) is 0.597. The zero-order chi connectivity index (χ0) is 21.6. The molecule has 29 heavy (non-hydrogen) atoms. The van der Waals surface area contributed by atoms with E-state index < -0.39 is 16.1 Å². The molecule has 0 saturated carbocycles. The Morgan fingerprint density at radius 1 is 1.14 bits per heavy atom. The average Bonchev–Trinajstić information content (AvgIpc) is 2.66. The van der Waals surface area contributed by atoms with Gasteiger partial charge in [-0.15, -0.1) is 0 Å². The van der Waals surface area contributed by atoms with Crippen LogP contribution in [0.1, 0.15) is 36.5 Å². The van der Waals surface area contributed by atoms with Crippen LogP contribution in [0.25, 0.3) is 0 Å². The number of hydrogen-bond donors (Lipinski definition) is 1. The minimum absolute atomic E-state index is 0.307. The van der Waals surface area contributed by atoms with Gasteiger partial charge in [-0.25, -0.2) is 8.42 Å². The lowest BCUT2D eigenvalue weighted by Gasteiger charge is -2.30. The molecule has 7 heteroatoms. The Morgan fingerprint density at radius 2 is 1.79 bits per heavy atom. The molecule has 1 amide bonds. The monoisotopic (exact) mass is 436 g/mol. The molecule has 2 rings (SSSR count). The Kier molecular flexibility index (Phi) is 8.11. The van der Waals surface area contributed by atoms with Gasteiger partial charge in [-0.05, 0) is 56.4 Å². The first-order valence-electron chi connectivity index (χ1n) is 9.72. The van der Waals surface area contributed by atoms with Gasteiger partial charge in [-0.1, -0.05) is 54.4 Å². The Labute approximate surface area is 179 Å². The van der Waals surface area contributed by atoms with E-state index in [1.807, 2.05) is 13.8 Å². The molecule has 0 aromatic heterocycles. The van der Waals surface area contributed by atoms with E-state index in [4.69, 9.17) is 11.6 Å². The van der Waals surface area contributed by atoms with Gasteiger partial charge >= 0.3 is 0 Å². The summed E-state index contributed by atoms with van der Waals surface area (Å²) in [7, 11) is -3.67. The van der Waals surface area contributed by atoms with Crippen molar-refractivity contribution in [2.24, 2.45) is 0 Å². The molecule has 2 aromatic rings. The first kappa shape index (κ1) is 23.2. The van der Waals surface area contributed by atoms with Gasteiger partial charge in [-0.2, -0.15) is 0 Å². The van der Waals surface area contributed by atoms with E-state index in [0.717, 1.165) is 29.0 Å². The zero-order valence-electron chi connectivity index (χ0n) is 17.4. The van der Waals surface area contributed by atoms with Crippen molar-refractivity contribution < 1.29 is 13.2 Å². The van der Waals surface area contributed by atoms with Crippen LogP contribution in [0.4, 0.5) is 5.69 Å². The normalized spacial score (nSPS) is 12.4. The van der Waals surface area contributed by atoms with Crippen molar-refractivity contribution in [1.29, 1.82) is 0 Å². The summed E-state index contributed by atoms with van der Waals surface area (Å²) in [5, 5.41) is 3.35. The van der Waals surface area contributed by atoms with Crippen molar-refractivity contribution in [2.75, 3.05) is 17.1 Å². The van der Waals surface area contributed by atoms with E-state index in [0.29, 0.717) is 23.7 Å². The molecular weight excluding hydrogens is 408 g/mol. The van der Waals surface area contributed by atoms with Gasteiger partial charge < -0.3 is 5.32 Å². The highest BCUT2D eigenvalue weighted by molar-refractivity contribution is 7.92. The molecule has 0 fully saturated rings. The van der Waals surface area contributed by atoms with Crippen molar-refractivity contribution in [2.45, 2.75) is 46.1 Å². The van der Waals surface area contributed by atoms with Crippen LogP contribution < -0.4 is 9.62 Å². The molecule has 0 aliphatic carbocycles. The number of carbonyl (C=O) groups is 1. The van der Waals surface area contributed by atoms with Crippen LogP contribution in [0.3, 0.4) is 0 Å². The summed E-state index contributed by atoms with van der Waals surface area (Å²) >= 11 is 6.18. The predicted octanol–water partition coefficient (Wildman–Crippen LogP) is 4.25. The molecule has 5 nitrogen and oxygen atoms in total. The molecular formula is C22H29ClN2O3S. The molecule has 0 aliphatic rings. The standard InChI is InChI=1S/C22H29ClN2O3S/c1-5-21(22(26)24-14-6-7-18-11-8-16(2)9-12-18)25(29(4,27)28)19-13-10-17(3)20(23)15-19/h8-13,15,21H,5-7,14H2,1-4H3,(H,24,26). The number of nitrogens with one attached hydrogen (secondary N) is 1. The van der Waals surface area contributed by atoms with Gasteiger partial charge in [0.15, 0.2) is 0 Å². The highest BCUT2D eigenvalue weighted by atomic mass is 35.5. The number of sulfonamides is 1.